The highest BCUT2D eigenvalue weighted by atomic mass is 16.7. The molecular formula is C20H22N4O5. The number of amides is 4. The summed E-state index contributed by atoms with van der Waals surface area (Å²) in [6, 6.07) is 8.01. The molecule has 0 spiro atoms. The normalized spacial score (nSPS) is 17.5. The van der Waals surface area contributed by atoms with E-state index in [1.165, 1.54) is 0 Å². The van der Waals surface area contributed by atoms with Gasteiger partial charge in [-0.15, -0.1) is 0 Å². The maximum Gasteiger partial charge on any atom is 0.325 e. The van der Waals surface area contributed by atoms with Gasteiger partial charge in [-0.2, -0.15) is 0 Å². The Morgan fingerprint density at radius 2 is 1.97 bits per heavy atom. The van der Waals surface area contributed by atoms with E-state index >= 15 is 0 Å². The minimum Gasteiger partial charge on any atom is -0.454 e. The maximum absolute atomic E-state index is 12.6. The SMILES string of the molecule is O=C(CC[C@H]1NC(=O)N(Cc2ccc3c(c2)OCO3)C1=O)NCCn1cccc1. The number of ether oxygens (including phenoxy) is 2. The molecule has 2 aliphatic rings. The van der Waals surface area contributed by atoms with Gasteiger partial charge in [0, 0.05) is 31.9 Å². The van der Waals surface area contributed by atoms with Gasteiger partial charge in [0.05, 0.1) is 6.54 Å². The number of urea groups is 1. The van der Waals surface area contributed by atoms with Crippen LogP contribution in [0.5, 0.6) is 11.5 Å². The number of aromatic nitrogens is 1. The zero-order valence-corrected chi connectivity index (χ0v) is 15.8. The van der Waals surface area contributed by atoms with Crippen molar-refractivity contribution in [1.82, 2.24) is 20.1 Å². The van der Waals surface area contributed by atoms with Crippen molar-refractivity contribution in [3.63, 3.8) is 0 Å². The Bertz CT molecular complexity index is 912. The first-order valence-corrected chi connectivity index (χ1v) is 9.48. The van der Waals surface area contributed by atoms with Crippen molar-refractivity contribution in [2.45, 2.75) is 32.0 Å². The van der Waals surface area contributed by atoms with Gasteiger partial charge in [0.1, 0.15) is 6.04 Å². The van der Waals surface area contributed by atoms with Crippen molar-refractivity contribution in [2.75, 3.05) is 13.3 Å². The van der Waals surface area contributed by atoms with Gasteiger partial charge in [0.2, 0.25) is 12.7 Å². The smallest absolute Gasteiger partial charge is 0.325 e. The third kappa shape index (κ3) is 4.34. The van der Waals surface area contributed by atoms with Crippen molar-refractivity contribution < 1.29 is 23.9 Å². The number of benzene rings is 1. The fourth-order valence-corrected chi connectivity index (χ4v) is 3.35. The number of imide groups is 1. The molecule has 1 fully saturated rings. The van der Waals surface area contributed by atoms with E-state index < -0.39 is 12.1 Å². The van der Waals surface area contributed by atoms with Crippen LogP contribution in [-0.2, 0) is 22.7 Å². The predicted molar refractivity (Wildman–Crippen MR) is 102 cm³/mol. The Morgan fingerprint density at radius 3 is 2.79 bits per heavy atom. The Morgan fingerprint density at radius 1 is 1.17 bits per heavy atom. The van der Waals surface area contributed by atoms with Gasteiger partial charge in [0.25, 0.3) is 5.91 Å². The summed E-state index contributed by atoms with van der Waals surface area (Å²) < 4.78 is 12.6. The van der Waals surface area contributed by atoms with Crippen LogP contribution in [0, 0.1) is 0 Å². The number of nitrogens with zero attached hydrogens (tertiary/aromatic N) is 2. The zero-order valence-electron chi connectivity index (χ0n) is 15.8. The van der Waals surface area contributed by atoms with E-state index in [4.69, 9.17) is 9.47 Å². The first kappa shape index (κ1) is 18.9. The molecule has 0 unspecified atom stereocenters. The molecule has 152 valence electrons. The van der Waals surface area contributed by atoms with E-state index in [1.54, 1.807) is 18.2 Å². The van der Waals surface area contributed by atoms with Crippen LogP contribution < -0.4 is 20.1 Å². The molecule has 2 aromatic rings. The van der Waals surface area contributed by atoms with E-state index in [1.807, 2.05) is 29.1 Å². The van der Waals surface area contributed by atoms with Crippen molar-refractivity contribution in [2.24, 2.45) is 0 Å². The number of carbonyl (C=O) groups is 3. The van der Waals surface area contributed by atoms with E-state index in [9.17, 15) is 14.4 Å². The maximum atomic E-state index is 12.6. The summed E-state index contributed by atoms with van der Waals surface area (Å²) in [5, 5.41) is 5.48. The lowest BCUT2D eigenvalue weighted by atomic mass is 10.1. The molecule has 4 amide bonds. The fraction of sp³-hybridized carbons (Fsp3) is 0.350. The number of hydrogen-bond acceptors (Lipinski definition) is 5. The standard InChI is InChI=1S/C20H22N4O5/c25-18(21-7-10-23-8-1-2-9-23)6-4-15-19(26)24(20(27)22-15)12-14-3-5-16-17(11-14)29-13-28-16/h1-3,5,8-9,11,15H,4,6-7,10,12-13H2,(H,21,25)(H,22,27)/t15-/m1/s1. The van der Waals surface area contributed by atoms with Crippen LogP contribution in [-0.4, -0.2) is 46.7 Å². The molecule has 9 heteroatoms. The largest absolute Gasteiger partial charge is 0.454 e. The average molecular weight is 398 g/mol. The molecule has 1 atom stereocenters. The van der Waals surface area contributed by atoms with Crippen molar-refractivity contribution in [3.05, 3.63) is 48.3 Å². The van der Waals surface area contributed by atoms with Crippen LogP contribution in [0.3, 0.4) is 0 Å². The minimum atomic E-state index is -0.688. The summed E-state index contributed by atoms with van der Waals surface area (Å²) in [5.41, 5.74) is 0.765. The van der Waals surface area contributed by atoms with E-state index in [2.05, 4.69) is 10.6 Å². The van der Waals surface area contributed by atoms with Gasteiger partial charge >= 0.3 is 6.03 Å². The number of fused-ring (bicyclic) bond motifs is 1. The third-order valence-electron chi connectivity index (χ3n) is 4.90. The zero-order chi connectivity index (χ0) is 20.2. The molecule has 29 heavy (non-hydrogen) atoms. The van der Waals surface area contributed by atoms with E-state index in [-0.39, 0.29) is 38.0 Å². The summed E-state index contributed by atoms with van der Waals surface area (Å²) in [5.74, 6) is 0.774. The second-order valence-electron chi connectivity index (χ2n) is 6.92. The number of nitrogens with one attached hydrogen (secondary N) is 2. The summed E-state index contributed by atoms with van der Waals surface area (Å²) >= 11 is 0. The van der Waals surface area contributed by atoms with Crippen LogP contribution in [0.1, 0.15) is 18.4 Å². The Balaban J connectivity index is 1.25. The second-order valence-corrected chi connectivity index (χ2v) is 6.92. The first-order chi connectivity index (χ1) is 14.1. The topological polar surface area (TPSA) is 102 Å². The molecule has 2 aliphatic heterocycles. The molecule has 1 aromatic carbocycles. The van der Waals surface area contributed by atoms with Gasteiger partial charge in [-0.05, 0) is 36.2 Å². The van der Waals surface area contributed by atoms with Crippen LogP contribution in [0.15, 0.2) is 42.7 Å². The van der Waals surface area contributed by atoms with Crippen molar-refractivity contribution in [1.29, 1.82) is 0 Å². The van der Waals surface area contributed by atoms with Gasteiger partial charge < -0.3 is 24.7 Å². The van der Waals surface area contributed by atoms with Crippen LogP contribution in [0.25, 0.3) is 0 Å². The highest BCUT2D eigenvalue weighted by Crippen LogP contribution is 2.33. The molecule has 9 nitrogen and oxygen atoms in total. The lowest BCUT2D eigenvalue weighted by Crippen LogP contribution is -2.33. The molecule has 0 saturated carbocycles. The highest BCUT2D eigenvalue weighted by molar-refractivity contribution is 6.04. The quantitative estimate of drug-likeness (QED) is 0.652. The molecule has 1 aromatic heterocycles. The van der Waals surface area contributed by atoms with E-state index in [0.29, 0.717) is 24.6 Å². The first-order valence-electron chi connectivity index (χ1n) is 9.48. The van der Waals surface area contributed by atoms with Gasteiger partial charge in [-0.1, -0.05) is 6.07 Å². The molecule has 1 saturated heterocycles. The molecule has 0 radical (unpaired) electrons. The highest BCUT2D eigenvalue weighted by Gasteiger charge is 2.38. The van der Waals surface area contributed by atoms with Gasteiger partial charge in [-0.25, -0.2) is 4.79 Å². The summed E-state index contributed by atoms with van der Waals surface area (Å²) in [6.45, 7) is 1.49. The Labute approximate surface area is 167 Å². The lowest BCUT2D eigenvalue weighted by Gasteiger charge is -2.13. The number of hydrogen-bond donors (Lipinski definition) is 2. The second kappa shape index (κ2) is 8.26. The van der Waals surface area contributed by atoms with Gasteiger partial charge in [0.15, 0.2) is 11.5 Å². The number of carbonyl (C=O) groups excluding carboxylic acids is 3. The summed E-state index contributed by atoms with van der Waals surface area (Å²) in [7, 11) is 0. The molecular weight excluding hydrogens is 376 g/mol. The average Bonchev–Trinajstić information content (AvgIpc) is 3.44. The Hall–Kier alpha value is -3.49. The summed E-state index contributed by atoms with van der Waals surface area (Å²) in [6.07, 6.45) is 4.28. The Kier molecular flexibility index (Phi) is 5.37. The fourth-order valence-electron chi connectivity index (χ4n) is 3.35. The third-order valence-corrected chi connectivity index (χ3v) is 4.90. The minimum absolute atomic E-state index is 0.140. The molecule has 4 rings (SSSR count). The van der Waals surface area contributed by atoms with E-state index in [0.717, 1.165) is 10.5 Å². The molecule has 2 N–H and O–H groups in total. The lowest BCUT2D eigenvalue weighted by molar-refractivity contribution is -0.128. The number of rotatable bonds is 8. The molecule has 0 aliphatic carbocycles. The molecule has 3 heterocycles. The van der Waals surface area contributed by atoms with Crippen LogP contribution in [0.4, 0.5) is 4.79 Å². The van der Waals surface area contributed by atoms with Crippen molar-refractivity contribution >= 4 is 17.8 Å². The monoisotopic (exact) mass is 398 g/mol. The van der Waals surface area contributed by atoms with Crippen LogP contribution >= 0.6 is 0 Å². The predicted octanol–water partition coefficient (Wildman–Crippen LogP) is 1.23. The van der Waals surface area contributed by atoms with Gasteiger partial charge in [-0.3, -0.25) is 14.5 Å². The molecule has 0 bridgehead atoms. The van der Waals surface area contributed by atoms with Crippen LogP contribution in [0.2, 0.25) is 0 Å². The summed E-state index contributed by atoms with van der Waals surface area (Å²) in [4.78, 5) is 38.0. The van der Waals surface area contributed by atoms with Crippen molar-refractivity contribution in [3.8, 4) is 11.5 Å².